The first-order valence-corrected chi connectivity index (χ1v) is 8.60. The third kappa shape index (κ3) is 2.99. The van der Waals surface area contributed by atoms with Crippen LogP contribution in [-0.2, 0) is 12.5 Å². The number of fused-ring (bicyclic) bond motifs is 1. The molecule has 3 aromatic rings. The van der Waals surface area contributed by atoms with Gasteiger partial charge < -0.3 is 4.57 Å². The molecular weight excluding hydrogens is 292 g/mol. The largest absolute Gasteiger partial charge is 0.350 e. The molecule has 0 aliphatic rings. The second kappa shape index (κ2) is 6.10. The first kappa shape index (κ1) is 16.8. The summed E-state index contributed by atoms with van der Waals surface area (Å²) in [7, 11) is 6.44. The number of benzene rings is 2. The van der Waals surface area contributed by atoms with Crippen molar-refractivity contribution in [2.24, 2.45) is 7.05 Å². The van der Waals surface area contributed by atoms with Crippen molar-refractivity contribution in [1.29, 1.82) is 0 Å². The van der Waals surface area contributed by atoms with E-state index in [0.717, 1.165) is 0 Å². The Labute approximate surface area is 145 Å². The van der Waals surface area contributed by atoms with E-state index in [9.17, 15) is 0 Å². The molecule has 0 radical (unpaired) electrons. The quantitative estimate of drug-likeness (QED) is 0.650. The van der Waals surface area contributed by atoms with Crippen molar-refractivity contribution in [2.75, 3.05) is 14.1 Å². The van der Waals surface area contributed by atoms with E-state index in [1.807, 2.05) is 0 Å². The predicted octanol–water partition coefficient (Wildman–Crippen LogP) is 5.13. The van der Waals surface area contributed by atoms with Gasteiger partial charge in [-0.25, -0.2) is 0 Å². The molecule has 0 N–H and O–H groups in total. The molecule has 0 amide bonds. The normalized spacial score (nSPS) is 13.6. The Morgan fingerprint density at radius 2 is 1.54 bits per heavy atom. The number of hydrogen-bond donors (Lipinski definition) is 0. The number of para-hydroxylation sites is 1. The zero-order chi connectivity index (χ0) is 17.5. The maximum absolute atomic E-state index is 2.30. The van der Waals surface area contributed by atoms with Gasteiger partial charge in [-0.05, 0) is 42.3 Å². The molecule has 2 aromatic carbocycles. The molecule has 1 heterocycles. The van der Waals surface area contributed by atoms with E-state index in [2.05, 4.69) is 106 Å². The van der Waals surface area contributed by atoms with Crippen LogP contribution in [0.2, 0.25) is 0 Å². The van der Waals surface area contributed by atoms with Gasteiger partial charge in [0.25, 0.3) is 0 Å². The molecule has 0 aliphatic heterocycles. The summed E-state index contributed by atoms with van der Waals surface area (Å²) in [6.45, 7) is 6.78. The minimum atomic E-state index is 0.186. The standard InChI is InChI=1S/C22H28N2/c1-22(2,3)17-13-11-16(12-14-17)21(23(4)5)19-15-24(6)20-10-8-7-9-18(19)20/h7-15,21H,1-6H3. The Bertz CT molecular complexity index is 833. The van der Waals surface area contributed by atoms with Gasteiger partial charge in [0.2, 0.25) is 0 Å². The Balaban J connectivity index is 2.10. The van der Waals surface area contributed by atoms with Crippen LogP contribution >= 0.6 is 0 Å². The molecule has 1 aromatic heterocycles. The molecule has 0 saturated carbocycles. The van der Waals surface area contributed by atoms with Crippen molar-refractivity contribution in [3.8, 4) is 0 Å². The molecule has 0 aliphatic carbocycles. The van der Waals surface area contributed by atoms with Crippen molar-refractivity contribution in [1.82, 2.24) is 9.47 Å². The lowest BCUT2D eigenvalue weighted by Gasteiger charge is -2.26. The number of nitrogens with zero attached hydrogens (tertiary/aromatic N) is 2. The first-order chi connectivity index (χ1) is 11.3. The smallest absolute Gasteiger partial charge is 0.0618 e. The van der Waals surface area contributed by atoms with Gasteiger partial charge in [0.1, 0.15) is 0 Å². The van der Waals surface area contributed by atoms with Gasteiger partial charge in [-0.3, -0.25) is 4.90 Å². The van der Waals surface area contributed by atoms with Crippen molar-refractivity contribution >= 4 is 10.9 Å². The molecule has 0 spiro atoms. The highest BCUT2D eigenvalue weighted by Gasteiger charge is 2.22. The molecule has 0 saturated heterocycles. The van der Waals surface area contributed by atoms with E-state index in [1.54, 1.807) is 0 Å². The van der Waals surface area contributed by atoms with Crippen molar-refractivity contribution in [2.45, 2.75) is 32.2 Å². The minimum Gasteiger partial charge on any atom is -0.350 e. The summed E-state index contributed by atoms with van der Waals surface area (Å²) in [5, 5.41) is 1.33. The van der Waals surface area contributed by atoms with Crippen molar-refractivity contribution in [3.63, 3.8) is 0 Å². The maximum atomic E-state index is 2.30. The fourth-order valence-corrected chi connectivity index (χ4v) is 3.51. The average Bonchev–Trinajstić information content (AvgIpc) is 2.84. The van der Waals surface area contributed by atoms with Crippen molar-refractivity contribution < 1.29 is 0 Å². The van der Waals surface area contributed by atoms with E-state index in [-0.39, 0.29) is 11.5 Å². The van der Waals surface area contributed by atoms with E-state index < -0.39 is 0 Å². The lowest BCUT2D eigenvalue weighted by atomic mass is 9.85. The summed E-state index contributed by atoms with van der Waals surface area (Å²) < 4.78 is 2.23. The van der Waals surface area contributed by atoms with Gasteiger partial charge in [0, 0.05) is 24.1 Å². The SMILES string of the molecule is CN(C)C(c1ccc(C(C)(C)C)cc1)c1cn(C)c2ccccc12. The van der Waals surface area contributed by atoms with Crippen LogP contribution in [0.5, 0.6) is 0 Å². The van der Waals surface area contributed by atoms with Crippen LogP contribution in [0.25, 0.3) is 10.9 Å². The Kier molecular flexibility index (Phi) is 4.27. The lowest BCUT2D eigenvalue weighted by Crippen LogP contribution is -2.21. The van der Waals surface area contributed by atoms with Crippen LogP contribution in [0.1, 0.15) is 43.5 Å². The Hall–Kier alpha value is -2.06. The monoisotopic (exact) mass is 320 g/mol. The summed E-state index contributed by atoms with van der Waals surface area (Å²) in [4.78, 5) is 2.30. The van der Waals surface area contributed by atoms with Gasteiger partial charge >= 0.3 is 0 Å². The Morgan fingerprint density at radius 3 is 2.12 bits per heavy atom. The molecule has 126 valence electrons. The molecule has 1 unspecified atom stereocenters. The summed E-state index contributed by atoms with van der Waals surface area (Å²) in [6.07, 6.45) is 2.27. The van der Waals surface area contributed by atoms with Crippen molar-refractivity contribution in [3.05, 3.63) is 71.4 Å². The van der Waals surface area contributed by atoms with E-state index in [0.29, 0.717) is 0 Å². The first-order valence-electron chi connectivity index (χ1n) is 8.60. The third-order valence-electron chi connectivity index (χ3n) is 4.83. The van der Waals surface area contributed by atoms with Gasteiger partial charge in [-0.1, -0.05) is 63.2 Å². The van der Waals surface area contributed by atoms with Crippen LogP contribution in [-0.4, -0.2) is 23.6 Å². The number of aromatic nitrogens is 1. The highest BCUT2D eigenvalue weighted by molar-refractivity contribution is 5.84. The summed E-state index contributed by atoms with van der Waals surface area (Å²) >= 11 is 0. The van der Waals surface area contributed by atoms with Gasteiger partial charge in [-0.2, -0.15) is 0 Å². The molecule has 0 fully saturated rings. The number of rotatable bonds is 3. The van der Waals surface area contributed by atoms with Crippen LogP contribution in [0.4, 0.5) is 0 Å². The fourth-order valence-electron chi connectivity index (χ4n) is 3.51. The Morgan fingerprint density at radius 1 is 0.917 bits per heavy atom. The van der Waals surface area contributed by atoms with E-state index in [4.69, 9.17) is 0 Å². The predicted molar refractivity (Wildman–Crippen MR) is 104 cm³/mol. The summed E-state index contributed by atoms with van der Waals surface area (Å²) in [6, 6.07) is 18.0. The lowest BCUT2D eigenvalue weighted by molar-refractivity contribution is 0.343. The molecule has 1 atom stereocenters. The molecule has 2 heteroatoms. The van der Waals surface area contributed by atoms with Crippen LogP contribution in [0.15, 0.2) is 54.7 Å². The molecule has 0 bridgehead atoms. The van der Waals surface area contributed by atoms with Crippen LogP contribution in [0.3, 0.4) is 0 Å². The summed E-state index contributed by atoms with van der Waals surface area (Å²) in [5.41, 5.74) is 5.55. The highest BCUT2D eigenvalue weighted by atomic mass is 15.1. The van der Waals surface area contributed by atoms with Gasteiger partial charge in [-0.15, -0.1) is 0 Å². The van der Waals surface area contributed by atoms with Crippen LogP contribution < -0.4 is 0 Å². The van der Waals surface area contributed by atoms with E-state index >= 15 is 0 Å². The maximum Gasteiger partial charge on any atom is 0.0618 e. The molecule has 2 nitrogen and oxygen atoms in total. The molecule has 24 heavy (non-hydrogen) atoms. The fraction of sp³-hybridized carbons (Fsp3) is 0.364. The second-order valence-corrected chi connectivity index (χ2v) is 7.95. The molecular formula is C22H28N2. The van der Waals surface area contributed by atoms with E-state index in [1.165, 1.54) is 27.6 Å². The van der Waals surface area contributed by atoms with Crippen LogP contribution in [0, 0.1) is 0 Å². The number of hydrogen-bond acceptors (Lipinski definition) is 1. The third-order valence-corrected chi connectivity index (χ3v) is 4.83. The van der Waals surface area contributed by atoms with Gasteiger partial charge in [0.05, 0.1) is 6.04 Å². The minimum absolute atomic E-state index is 0.186. The highest BCUT2D eigenvalue weighted by Crippen LogP contribution is 2.34. The topological polar surface area (TPSA) is 8.17 Å². The average molecular weight is 320 g/mol. The number of aryl methyl sites for hydroxylation is 1. The zero-order valence-electron chi connectivity index (χ0n) is 15.7. The second-order valence-electron chi connectivity index (χ2n) is 7.95. The molecule has 3 rings (SSSR count). The van der Waals surface area contributed by atoms with Gasteiger partial charge in [0.15, 0.2) is 0 Å². The summed E-state index contributed by atoms with van der Waals surface area (Å²) in [5.74, 6) is 0. The zero-order valence-corrected chi connectivity index (χ0v) is 15.7.